The quantitative estimate of drug-likeness (QED) is 0.697. The minimum absolute atomic E-state index is 0.247. The van der Waals surface area contributed by atoms with Crippen LogP contribution >= 0.6 is 0 Å². The predicted octanol–water partition coefficient (Wildman–Crippen LogP) is 0.894. The summed E-state index contributed by atoms with van der Waals surface area (Å²) in [6.07, 6.45) is -0.287. The summed E-state index contributed by atoms with van der Waals surface area (Å²) in [4.78, 5) is 32.5. The maximum atomic E-state index is 11.3. The van der Waals surface area contributed by atoms with Crippen LogP contribution in [0.4, 0.5) is 0 Å². The van der Waals surface area contributed by atoms with Gasteiger partial charge >= 0.3 is 11.9 Å². The van der Waals surface area contributed by atoms with Gasteiger partial charge in [-0.2, -0.15) is 0 Å². The summed E-state index contributed by atoms with van der Waals surface area (Å²) < 4.78 is 4.74. The molecule has 1 amide bonds. The van der Waals surface area contributed by atoms with E-state index >= 15 is 0 Å². The summed E-state index contributed by atoms with van der Waals surface area (Å²) in [7, 11) is 0. The lowest BCUT2D eigenvalue weighted by Gasteiger charge is -2.21. The number of hydrogen-bond acceptors (Lipinski definition) is 5. The maximum Gasteiger partial charge on any atom is 0.345 e. The van der Waals surface area contributed by atoms with E-state index in [-0.39, 0.29) is 6.42 Å². The van der Waals surface area contributed by atoms with Gasteiger partial charge < -0.3 is 21.3 Å². The third-order valence-corrected chi connectivity index (χ3v) is 3.83. The predicted molar refractivity (Wildman–Crippen MR) is 94.3 cm³/mol. The van der Waals surface area contributed by atoms with Crippen molar-refractivity contribution in [1.29, 1.82) is 0 Å². The molecular weight excluding hydrogens is 336 g/mol. The number of hydrogen-bond donors (Lipinski definition) is 3. The van der Waals surface area contributed by atoms with Gasteiger partial charge in [0.15, 0.2) is 0 Å². The number of benzene rings is 2. The molecular formula is C19H20N2O5. The number of carbonyl (C=O) groups excluding carboxylic acids is 2. The third kappa shape index (κ3) is 5.15. The van der Waals surface area contributed by atoms with Crippen LogP contribution in [0.2, 0.25) is 0 Å². The van der Waals surface area contributed by atoms with E-state index in [1.165, 1.54) is 0 Å². The zero-order chi connectivity index (χ0) is 19.1. The number of aliphatic carboxylic acids is 1. The van der Waals surface area contributed by atoms with Gasteiger partial charge in [0.1, 0.15) is 0 Å². The maximum absolute atomic E-state index is 11.3. The Kier molecular flexibility index (Phi) is 6.46. The van der Waals surface area contributed by atoms with Crippen LogP contribution in [-0.4, -0.2) is 35.1 Å². The highest BCUT2D eigenvalue weighted by Crippen LogP contribution is 2.20. The molecule has 2 aromatic rings. The molecule has 2 unspecified atom stereocenters. The molecule has 26 heavy (non-hydrogen) atoms. The first-order valence-electron chi connectivity index (χ1n) is 7.99. The molecule has 2 atom stereocenters. The molecule has 1 heterocycles. The van der Waals surface area contributed by atoms with Crippen molar-refractivity contribution in [1.82, 2.24) is 0 Å². The molecule has 136 valence electrons. The molecule has 0 aliphatic carbocycles. The number of rotatable bonds is 4. The number of carbonyl (C=O) groups is 3. The summed E-state index contributed by atoms with van der Waals surface area (Å²) in [5, 5.41) is 8.70. The minimum atomic E-state index is -1.10. The molecule has 0 radical (unpaired) electrons. The summed E-state index contributed by atoms with van der Waals surface area (Å²) in [6, 6.07) is 15.9. The summed E-state index contributed by atoms with van der Waals surface area (Å²) in [5.41, 5.74) is 12.7. The second-order valence-electron chi connectivity index (χ2n) is 5.79. The van der Waals surface area contributed by atoms with Gasteiger partial charge in [0.25, 0.3) is 0 Å². The van der Waals surface area contributed by atoms with Crippen molar-refractivity contribution in [2.45, 2.75) is 25.0 Å². The summed E-state index contributed by atoms with van der Waals surface area (Å²) >= 11 is 0. The number of primary amides is 1. The van der Waals surface area contributed by atoms with Gasteiger partial charge in [-0.3, -0.25) is 4.79 Å². The second kappa shape index (κ2) is 8.77. The molecule has 0 aromatic heterocycles. The first-order chi connectivity index (χ1) is 12.4. The van der Waals surface area contributed by atoms with E-state index in [1.807, 2.05) is 30.3 Å². The Labute approximate surface area is 150 Å². The van der Waals surface area contributed by atoms with Crippen molar-refractivity contribution in [3.63, 3.8) is 0 Å². The first kappa shape index (κ1) is 19.1. The molecule has 0 fully saturated rings. The van der Waals surface area contributed by atoms with E-state index < -0.39 is 30.0 Å². The lowest BCUT2D eigenvalue weighted by molar-refractivity contribution is -0.147. The van der Waals surface area contributed by atoms with Crippen LogP contribution in [0.1, 0.15) is 21.5 Å². The van der Waals surface area contributed by atoms with E-state index in [2.05, 4.69) is 0 Å². The number of carboxylic acids is 1. The molecule has 0 spiro atoms. The van der Waals surface area contributed by atoms with Crippen LogP contribution in [0.3, 0.4) is 0 Å². The molecule has 3 rings (SSSR count). The van der Waals surface area contributed by atoms with Gasteiger partial charge in [-0.05, 0) is 23.6 Å². The van der Waals surface area contributed by atoms with Crippen LogP contribution < -0.4 is 11.5 Å². The van der Waals surface area contributed by atoms with Gasteiger partial charge in [-0.25, -0.2) is 9.59 Å². The van der Waals surface area contributed by atoms with Gasteiger partial charge in [-0.15, -0.1) is 0 Å². The highest BCUT2D eigenvalue weighted by molar-refractivity contribution is 5.94. The van der Waals surface area contributed by atoms with Crippen LogP contribution in [0.25, 0.3) is 0 Å². The minimum Gasteiger partial charge on any atom is -0.478 e. The molecule has 0 saturated carbocycles. The van der Waals surface area contributed by atoms with Crippen molar-refractivity contribution in [3.8, 4) is 0 Å². The van der Waals surface area contributed by atoms with Crippen LogP contribution in [0.15, 0.2) is 54.6 Å². The fourth-order valence-electron chi connectivity index (χ4n) is 2.44. The van der Waals surface area contributed by atoms with E-state index in [9.17, 15) is 14.4 Å². The lowest BCUT2D eigenvalue weighted by Crippen LogP contribution is -2.38. The zero-order valence-corrected chi connectivity index (χ0v) is 14.0. The van der Waals surface area contributed by atoms with E-state index in [0.29, 0.717) is 12.0 Å². The Hall–Kier alpha value is -3.19. The second-order valence-corrected chi connectivity index (χ2v) is 5.79. The van der Waals surface area contributed by atoms with Crippen molar-refractivity contribution in [3.05, 3.63) is 71.3 Å². The van der Waals surface area contributed by atoms with Gasteiger partial charge in [-0.1, -0.05) is 48.5 Å². The molecule has 7 heteroatoms. The SMILES string of the molecule is NC(=O)C(N)Cc1ccccc1.O=C1OC(C(=O)O)Cc2ccccc21. The van der Waals surface area contributed by atoms with E-state index in [4.69, 9.17) is 21.3 Å². The third-order valence-electron chi connectivity index (χ3n) is 3.83. The standard InChI is InChI=1S/C10H8O4.C9H12N2O/c11-9(12)8-5-6-3-1-2-4-7(6)10(13)14-8;10-8(9(11)12)6-7-4-2-1-3-5-7/h1-4,8H,5H2,(H,11,12);1-5,8H,6,10H2,(H2,11,12). The van der Waals surface area contributed by atoms with Crippen LogP contribution in [-0.2, 0) is 27.2 Å². The zero-order valence-electron chi connectivity index (χ0n) is 14.0. The Morgan fingerprint density at radius 3 is 2.35 bits per heavy atom. The molecule has 7 nitrogen and oxygen atoms in total. The average Bonchev–Trinajstić information content (AvgIpc) is 2.63. The smallest absolute Gasteiger partial charge is 0.345 e. The van der Waals surface area contributed by atoms with E-state index in [0.717, 1.165) is 11.1 Å². The Bertz CT molecular complexity index is 792. The topological polar surface area (TPSA) is 133 Å². The van der Waals surface area contributed by atoms with Crippen LogP contribution in [0.5, 0.6) is 0 Å². The molecule has 1 aliphatic rings. The molecule has 0 saturated heterocycles. The molecule has 5 N–H and O–H groups in total. The molecule has 1 aliphatic heterocycles. The highest BCUT2D eigenvalue weighted by atomic mass is 16.6. The number of ether oxygens (including phenoxy) is 1. The number of amides is 1. The van der Waals surface area contributed by atoms with Crippen molar-refractivity contribution in [2.24, 2.45) is 11.5 Å². The number of cyclic esters (lactones) is 1. The van der Waals surface area contributed by atoms with E-state index in [1.54, 1.807) is 24.3 Å². The van der Waals surface area contributed by atoms with Gasteiger partial charge in [0, 0.05) is 6.42 Å². The fraction of sp³-hybridized carbons (Fsp3) is 0.211. The monoisotopic (exact) mass is 356 g/mol. The Morgan fingerprint density at radius 2 is 1.73 bits per heavy atom. The first-order valence-corrected chi connectivity index (χ1v) is 7.99. The average molecular weight is 356 g/mol. The Morgan fingerprint density at radius 1 is 1.12 bits per heavy atom. The molecule has 0 bridgehead atoms. The Balaban J connectivity index is 0.000000190. The lowest BCUT2D eigenvalue weighted by atomic mass is 9.99. The largest absolute Gasteiger partial charge is 0.478 e. The normalized spacial score (nSPS) is 16.3. The highest BCUT2D eigenvalue weighted by Gasteiger charge is 2.30. The molecule has 2 aromatic carbocycles. The summed E-state index contributed by atoms with van der Waals surface area (Å²) in [5.74, 6) is -2.12. The van der Waals surface area contributed by atoms with Crippen molar-refractivity contribution in [2.75, 3.05) is 0 Å². The fourth-order valence-corrected chi connectivity index (χ4v) is 2.44. The van der Waals surface area contributed by atoms with Crippen molar-refractivity contribution < 1.29 is 24.2 Å². The number of nitrogens with two attached hydrogens (primary N) is 2. The summed E-state index contributed by atoms with van der Waals surface area (Å²) in [6.45, 7) is 0. The van der Waals surface area contributed by atoms with Crippen molar-refractivity contribution >= 4 is 17.8 Å². The van der Waals surface area contributed by atoms with Gasteiger partial charge in [0.2, 0.25) is 12.0 Å². The van der Waals surface area contributed by atoms with Crippen LogP contribution in [0, 0.1) is 0 Å². The number of fused-ring (bicyclic) bond motifs is 1. The van der Waals surface area contributed by atoms with Gasteiger partial charge in [0.05, 0.1) is 11.6 Å². The number of esters is 1. The number of carboxylic acid groups (broad SMARTS) is 1.